The summed E-state index contributed by atoms with van der Waals surface area (Å²) >= 11 is 3.33. The van der Waals surface area contributed by atoms with Crippen LogP contribution >= 0.6 is 15.9 Å². The van der Waals surface area contributed by atoms with Gasteiger partial charge >= 0.3 is 0 Å². The molecule has 0 saturated heterocycles. The zero-order valence-corrected chi connectivity index (χ0v) is 9.47. The minimum absolute atomic E-state index is 0.259. The number of aromatic nitrogens is 1. The van der Waals surface area contributed by atoms with Gasteiger partial charge in [-0.2, -0.15) is 5.26 Å². The Labute approximate surface area is 94.5 Å². The van der Waals surface area contributed by atoms with Crippen LogP contribution in [0.1, 0.15) is 11.1 Å². The lowest BCUT2D eigenvalue weighted by Gasteiger charge is -2.06. The highest BCUT2D eigenvalue weighted by Crippen LogP contribution is 2.29. The van der Waals surface area contributed by atoms with Gasteiger partial charge in [-0.05, 0) is 18.6 Å². The summed E-state index contributed by atoms with van der Waals surface area (Å²) in [6.45, 7) is 1.67. The van der Waals surface area contributed by atoms with Crippen molar-refractivity contribution in [1.82, 2.24) is 4.98 Å². The van der Waals surface area contributed by atoms with Gasteiger partial charge in [-0.15, -0.1) is 0 Å². The molecule has 74 valence electrons. The van der Waals surface area contributed by atoms with E-state index < -0.39 is 0 Å². The Hall–Kier alpha value is -1.47. The van der Waals surface area contributed by atoms with Crippen molar-refractivity contribution < 1.29 is 4.39 Å². The molecule has 0 saturated carbocycles. The zero-order valence-electron chi connectivity index (χ0n) is 7.88. The lowest BCUT2D eigenvalue weighted by atomic mass is 10.1. The fourth-order valence-electron chi connectivity index (χ4n) is 1.49. The van der Waals surface area contributed by atoms with Crippen molar-refractivity contribution in [3.8, 4) is 6.07 Å². The number of halogens is 2. The molecule has 0 aliphatic heterocycles. The molecule has 0 aliphatic carbocycles. The molecule has 0 amide bonds. The van der Waals surface area contributed by atoms with E-state index in [4.69, 9.17) is 5.26 Å². The quantitative estimate of drug-likeness (QED) is 0.732. The maximum absolute atomic E-state index is 13.8. The molecular formula is C11H6BrFN2. The minimum Gasteiger partial charge on any atom is -0.263 e. The van der Waals surface area contributed by atoms with Gasteiger partial charge in [0, 0.05) is 27.6 Å². The predicted octanol–water partition coefficient (Wildman–Crippen LogP) is 3.32. The highest BCUT2D eigenvalue weighted by molar-refractivity contribution is 9.10. The number of aryl methyl sites for hydroxylation is 1. The van der Waals surface area contributed by atoms with Crippen LogP contribution in [-0.4, -0.2) is 4.98 Å². The van der Waals surface area contributed by atoms with Crippen LogP contribution in [0.2, 0.25) is 0 Å². The van der Waals surface area contributed by atoms with Gasteiger partial charge < -0.3 is 0 Å². The maximum atomic E-state index is 13.8. The van der Waals surface area contributed by atoms with Crippen molar-refractivity contribution in [1.29, 1.82) is 5.26 Å². The predicted molar refractivity (Wildman–Crippen MR) is 58.9 cm³/mol. The molecule has 15 heavy (non-hydrogen) atoms. The Kier molecular flexibility index (Phi) is 2.41. The molecular weight excluding hydrogens is 259 g/mol. The lowest BCUT2D eigenvalue weighted by molar-refractivity contribution is 0.630. The van der Waals surface area contributed by atoms with Crippen LogP contribution in [0.4, 0.5) is 4.39 Å². The van der Waals surface area contributed by atoms with Crippen molar-refractivity contribution in [3.63, 3.8) is 0 Å². The van der Waals surface area contributed by atoms with Crippen molar-refractivity contribution in [2.75, 3.05) is 0 Å². The topological polar surface area (TPSA) is 36.7 Å². The molecule has 2 rings (SSSR count). The monoisotopic (exact) mass is 264 g/mol. The number of hydrogen-bond donors (Lipinski definition) is 0. The van der Waals surface area contributed by atoms with E-state index in [9.17, 15) is 4.39 Å². The Morgan fingerprint density at radius 2 is 2.20 bits per heavy atom. The molecule has 0 N–H and O–H groups in total. The lowest BCUT2D eigenvalue weighted by Crippen LogP contribution is -1.91. The normalized spacial score (nSPS) is 10.3. The first kappa shape index (κ1) is 10.1. The Balaban J connectivity index is 3.05. The molecule has 2 nitrogen and oxygen atoms in total. The van der Waals surface area contributed by atoms with Gasteiger partial charge in [0.2, 0.25) is 0 Å². The highest BCUT2D eigenvalue weighted by Gasteiger charge is 2.12. The van der Waals surface area contributed by atoms with Crippen molar-refractivity contribution in [2.45, 2.75) is 6.92 Å². The van der Waals surface area contributed by atoms with Crippen LogP contribution in [0.15, 0.2) is 22.9 Å². The van der Waals surface area contributed by atoms with Crippen LogP contribution in [0.25, 0.3) is 10.8 Å². The van der Waals surface area contributed by atoms with E-state index in [2.05, 4.69) is 20.9 Å². The number of pyridine rings is 1. The van der Waals surface area contributed by atoms with Gasteiger partial charge in [-0.3, -0.25) is 4.98 Å². The molecule has 0 spiro atoms. The second-order valence-corrected chi connectivity index (χ2v) is 4.07. The molecule has 4 heteroatoms. The zero-order chi connectivity index (χ0) is 11.0. The summed E-state index contributed by atoms with van der Waals surface area (Å²) in [7, 11) is 0. The van der Waals surface area contributed by atoms with Crippen molar-refractivity contribution in [2.24, 2.45) is 0 Å². The number of fused-ring (bicyclic) bond motifs is 1. The molecule has 1 aromatic carbocycles. The third-order valence-corrected chi connectivity index (χ3v) is 2.89. The average Bonchev–Trinajstić information content (AvgIpc) is 2.25. The number of hydrogen-bond acceptors (Lipinski definition) is 2. The fourth-order valence-corrected chi connectivity index (χ4v) is 2.14. The number of benzene rings is 1. The van der Waals surface area contributed by atoms with Crippen LogP contribution in [0, 0.1) is 24.1 Å². The van der Waals surface area contributed by atoms with Gasteiger partial charge in [0.1, 0.15) is 11.9 Å². The molecule has 2 aromatic rings. The molecule has 1 heterocycles. The van der Waals surface area contributed by atoms with Gasteiger partial charge in [0.05, 0.1) is 5.56 Å². The molecule has 1 aromatic heterocycles. The summed E-state index contributed by atoms with van der Waals surface area (Å²) in [5.41, 5.74) is 0.770. The standard InChI is InChI=1S/C11H6BrFN2/c1-6-2-9(12)8-5-15-4-7(3-14)10(8)11(6)13/h2,4-5H,1H3. The first-order chi connectivity index (χ1) is 7.15. The van der Waals surface area contributed by atoms with Gasteiger partial charge in [-0.25, -0.2) is 4.39 Å². The van der Waals surface area contributed by atoms with Crippen molar-refractivity contribution in [3.05, 3.63) is 39.9 Å². The Morgan fingerprint density at radius 1 is 1.47 bits per heavy atom. The van der Waals surface area contributed by atoms with E-state index in [0.717, 1.165) is 4.47 Å². The molecule has 0 unspecified atom stereocenters. The first-order valence-electron chi connectivity index (χ1n) is 4.27. The summed E-state index contributed by atoms with van der Waals surface area (Å²) in [6.07, 6.45) is 2.92. The second-order valence-electron chi connectivity index (χ2n) is 3.21. The second kappa shape index (κ2) is 3.59. The molecule has 0 fully saturated rings. The Morgan fingerprint density at radius 3 is 2.87 bits per heavy atom. The van der Waals surface area contributed by atoms with Crippen LogP contribution in [-0.2, 0) is 0 Å². The van der Waals surface area contributed by atoms with E-state index in [1.165, 1.54) is 6.20 Å². The van der Waals surface area contributed by atoms with Gasteiger partial charge in [0.25, 0.3) is 0 Å². The summed E-state index contributed by atoms with van der Waals surface area (Å²) < 4.78 is 14.6. The summed E-state index contributed by atoms with van der Waals surface area (Å²) in [6, 6.07) is 3.62. The molecule has 0 radical (unpaired) electrons. The highest BCUT2D eigenvalue weighted by atomic mass is 79.9. The molecule has 0 atom stereocenters. The fraction of sp³-hybridized carbons (Fsp3) is 0.0909. The van der Waals surface area contributed by atoms with Crippen LogP contribution in [0.5, 0.6) is 0 Å². The van der Waals surface area contributed by atoms with E-state index in [1.54, 1.807) is 19.2 Å². The maximum Gasteiger partial charge on any atom is 0.135 e. The van der Waals surface area contributed by atoms with Crippen molar-refractivity contribution >= 4 is 26.7 Å². The number of nitrogens with zero attached hydrogens (tertiary/aromatic N) is 2. The SMILES string of the molecule is Cc1cc(Br)c2cncc(C#N)c2c1F. The molecule has 0 bridgehead atoms. The summed E-state index contributed by atoms with van der Waals surface area (Å²) in [5.74, 6) is -0.354. The average molecular weight is 265 g/mol. The van der Waals surface area contributed by atoms with Gasteiger partial charge in [-0.1, -0.05) is 15.9 Å². The molecule has 0 aliphatic rings. The van der Waals surface area contributed by atoms with Crippen LogP contribution in [0.3, 0.4) is 0 Å². The number of rotatable bonds is 0. The van der Waals surface area contributed by atoms with E-state index in [0.29, 0.717) is 16.3 Å². The van der Waals surface area contributed by atoms with Crippen LogP contribution < -0.4 is 0 Å². The largest absolute Gasteiger partial charge is 0.263 e. The van der Waals surface area contributed by atoms with Gasteiger partial charge in [0.15, 0.2) is 0 Å². The van der Waals surface area contributed by atoms with E-state index in [1.807, 2.05) is 6.07 Å². The third-order valence-electron chi connectivity index (χ3n) is 2.23. The smallest absolute Gasteiger partial charge is 0.135 e. The van der Waals surface area contributed by atoms with E-state index in [-0.39, 0.29) is 11.4 Å². The number of nitriles is 1. The first-order valence-corrected chi connectivity index (χ1v) is 5.07. The Bertz CT molecular complexity index is 587. The third kappa shape index (κ3) is 1.49. The summed E-state index contributed by atoms with van der Waals surface area (Å²) in [4.78, 5) is 3.90. The summed E-state index contributed by atoms with van der Waals surface area (Å²) in [5, 5.41) is 9.82. The van der Waals surface area contributed by atoms with E-state index >= 15 is 0 Å². The minimum atomic E-state index is -0.354.